The van der Waals surface area contributed by atoms with E-state index in [1.807, 2.05) is 19.0 Å². The molecule has 0 spiro atoms. The fourth-order valence-corrected chi connectivity index (χ4v) is 4.28. The van der Waals surface area contributed by atoms with Gasteiger partial charge in [0.1, 0.15) is 4.90 Å². The first kappa shape index (κ1) is 16.6. The summed E-state index contributed by atoms with van der Waals surface area (Å²) in [5.41, 5.74) is 1.42. The summed E-state index contributed by atoms with van der Waals surface area (Å²) in [6.45, 7) is 0. The Morgan fingerprint density at radius 3 is 2.25 bits per heavy atom. The second-order valence-electron chi connectivity index (χ2n) is 5.63. The van der Waals surface area contributed by atoms with E-state index in [9.17, 15) is 13.2 Å². The van der Waals surface area contributed by atoms with Gasteiger partial charge in [0.2, 0.25) is 0 Å². The number of carbonyl (C=O) groups is 1. The minimum Gasteiger partial charge on any atom is -0.378 e. The predicted molar refractivity (Wildman–Crippen MR) is 95.7 cm³/mol. The first-order valence-corrected chi connectivity index (χ1v) is 8.95. The van der Waals surface area contributed by atoms with E-state index >= 15 is 0 Å². The van der Waals surface area contributed by atoms with E-state index in [-0.39, 0.29) is 10.6 Å². The molecule has 0 saturated heterocycles. The standard InChI is InChI=1S/C16H16ClN3O3S/c1-18(2)13-8-9-15-14(10-13)19(3)16(21)20(24(15,22)23)12-6-4-11(17)5-7-12/h4-10H,1-3H3. The van der Waals surface area contributed by atoms with Gasteiger partial charge in [-0.15, -0.1) is 0 Å². The molecule has 0 aromatic heterocycles. The van der Waals surface area contributed by atoms with E-state index in [0.29, 0.717) is 10.7 Å². The van der Waals surface area contributed by atoms with E-state index in [2.05, 4.69) is 0 Å². The molecule has 0 N–H and O–H groups in total. The van der Waals surface area contributed by atoms with Crippen LogP contribution in [0.3, 0.4) is 0 Å². The summed E-state index contributed by atoms with van der Waals surface area (Å²) in [5, 5.41) is 0.463. The summed E-state index contributed by atoms with van der Waals surface area (Å²) in [6, 6.07) is 10.4. The van der Waals surface area contributed by atoms with E-state index < -0.39 is 16.1 Å². The van der Waals surface area contributed by atoms with Crippen LogP contribution in [0.4, 0.5) is 21.9 Å². The quantitative estimate of drug-likeness (QED) is 0.820. The molecule has 0 radical (unpaired) electrons. The van der Waals surface area contributed by atoms with Gasteiger partial charge in [0.15, 0.2) is 0 Å². The number of hydrogen-bond donors (Lipinski definition) is 0. The lowest BCUT2D eigenvalue weighted by atomic mass is 10.2. The number of hydrogen-bond acceptors (Lipinski definition) is 4. The number of amides is 2. The van der Waals surface area contributed by atoms with Gasteiger partial charge in [-0.3, -0.25) is 4.90 Å². The molecule has 126 valence electrons. The molecule has 0 unspecified atom stereocenters. The average molecular weight is 366 g/mol. The zero-order valence-corrected chi connectivity index (χ0v) is 15.0. The number of nitrogens with zero attached hydrogens (tertiary/aromatic N) is 3. The highest BCUT2D eigenvalue weighted by Gasteiger charge is 2.41. The van der Waals surface area contributed by atoms with Crippen molar-refractivity contribution >= 4 is 44.7 Å². The molecule has 2 amide bonds. The molecule has 3 rings (SSSR count). The lowest BCUT2D eigenvalue weighted by Gasteiger charge is -2.34. The van der Waals surface area contributed by atoms with Crippen molar-refractivity contribution in [2.24, 2.45) is 0 Å². The number of urea groups is 1. The van der Waals surface area contributed by atoms with Gasteiger partial charge in [0.05, 0.1) is 11.4 Å². The maximum absolute atomic E-state index is 13.0. The third kappa shape index (κ3) is 2.50. The van der Waals surface area contributed by atoms with Crippen LogP contribution in [0.1, 0.15) is 0 Å². The Hall–Kier alpha value is -2.25. The molecular weight excluding hydrogens is 350 g/mol. The second-order valence-corrected chi connectivity index (χ2v) is 7.83. The lowest BCUT2D eigenvalue weighted by molar-refractivity contribution is 0.255. The molecule has 1 aliphatic rings. The van der Waals surface area contributed by atoms with Crippen LogP contribution in [0, 0.1) is 0 Å². The fourth-order valence-electron chi connectivity index (χ4n) is 2.53. The van der Waals surface area contributed by atoms with Crippen LogP contribution in [-0.4, -0.2) is 35.6 Å². The fraction of sp³-hybridized carbons (Fsp3) is 0.188. The Bertz CT molecular complexity index is 911. The largest absolute Gasteiger partial charge is 0.378 e. The smallest absolute Gasteiger partial charge is 0.342 e. The maximum atomic E-state index is 13.0. The molecule has 0 saturated carbocycles. The van der Waals surface area contributed by atoms with E-state index in [0.717, 1.165) is 9.99 Å². The molecule has 0 bridgehead atoms. The highest BCUT2D eigenvalue weighted by atomic mass is 35.5. The number of sulfonamides is 1. The summed E-state index contributed by atoms with van der Waals surface area (Å²) in [7, 11) is 1.26. The molecule has 6 nitrogen and oxygen atoms in total. The summed E-state index contributed by atoms with van der Waals surface area (Å²) in [5.74, 6) is 0. The molecule has 24 heavy (non-hydrogen) atoms. The maximum Gasteiger partial charge on any atom is 0.342 e. The van der Waals surface area contributed by atoms with Crippen LogP contribution in [0.5, 0.6) is 0 Å². The van der Waals surface area contributed by atoms with Gasteiger partial charge in [-0.25, -0.2) is 13.2 Å². The topological polar surface area (TPSA) is 60.9 Å². The van der Waals surface area contributed by atoms with Crippen LogP contribution >= 0.6 is 11.6 Å². The number of benzene rings is 2. The highest BCUT2D eigenvalue weighted by molar-refractivity contribution is 7.94. The number of fused-ring (bicyclic) bond motifs is 1. The Balaban J connectivity index is 2.20. The van der Waals surface area contributed by atoms with Crippen molar-refractivity contribution in [3.05, 3.63) is 47.5 Å². The van der Waals surface area contributed by atoms with Crippen LogP contribution in [0.15, 0.2) is 47.4 Å². The van der Waals surface area contributed by atoms with Crippen LogP contribution in [0.25, 0.3) is 0 Å². The van der Waals surface area contributed by atoms with Gasteiger partial charge in [-0.05, 0) is 42.5 Å². The van der Waals surface area contributed by atoms with Crippen molar-refractivity contribution in [3.63, 3.8) is 0 Å². The number of anilines is 3. The average Bonchev–Trinajstić information content (AvgIpc) is 2.54. The van der Waals surface area contributed by atoms with E-state index in [4.69, 9.17) is 11.6 Å². The first-order valence-electron chi connectivity index (χ1n) is 7.13. The summed E-state index contributed by atoms with van der Waals surface area (Å²) < 4.78 is 26.7. The number of carbonyl (C=O) groups excluding carboxylic acids is 1. The predicted octanol–water partition coefficient (Wildman–Crippen LogP) is 3.17. The molecule has 2 aromatic rings. The van der Waals surface area contributed by atoms with Gasteiger partial charge >= 0.3 is 6.03 Å². The van der Waals surface area contributed by atoms with Gasteiger partial charge in [0, 0.05) is 31.9 Å². The normalized spacial score (nSPS) is 16.1. The van der Waals surface area contributed by atoms with Crippen LogP contribution < -0.4 is 14.1 Å². The molecule has 0 atom stereocenters. The van der Waals surface area contributed by atoms with Gasteiger partial charge in [-0.2, -0.15) is 4.31 Å². The van der Waals surface area contributed by atoms with Crippen molar-refractivity contribution in [2.75, 3.05) is 35.2 Å². The molecule has 2 aromatic carbocycles. The van der Waals surface area contributed by atoms with Crippen LogP contribution in [-0.2, 0) is 10.0 Å². The van der Waals surface area contributed by atoms with Gasteiger partial charge < -0.3 is 4.90 Å². The van der Waals surface area contributed by atoms with Crippen molar-refractivity contribution in [2.45, 2.75) is 4.90 Å². The van der Waals surface area contributed by atoms with Crippen molar-refractivity contribution in [1.82, 2.24) is 0 Å². The zero-order chi connectivity index (χ0) is 17.6. The summed E-state index contributed by atoms with van der Waals surface area (Å²) in [4.78, 5) is 16.0. The highest BCUT2D eigenvalue weighted by Crippen LogP contribution is 2.38. The lowest BCUT2D eigenvalue weighted by Crippen LogP contribution is -2.49. The minimum atomic E-state index is -3.99. The minimum absolute atomic E-state index is 0.0881. The first-order chi connectivity index (χ1) is 11.2. The number of rotatable bonds is 2. The third-order valence-electron chi connectivity index (χ3n) is 3.86. The zero-order valence-electron chi connectivity index (χ0n) is 13.4. The summed E-state index contributed by atoms with van der Waals surface area (Å²) in [6.07, 6.45) is 0. The van der Waals surface area contributed by atoms with Gasteiger partial charge in [0.25, 0.3) is 10.0 Å². The third-order valence-corrected chi connectivity index (χ3v) is 5.86. The Morgan fingerprint density at radius 2 is 1.67 bits per heavy atom. The van der Waals surface area contributed by atoms with E-state index in [1.165, 1.54) is 23.1 Å². The number of halogens is 1. The Morgan fingerprint density at radius 1 is 1.04 bits per heavy atom. The summed E-state index contributed by atoms with van der Waals surface area (Å²) >= 11 is 5.85. The Labute approximate surface area is 145 Å². The molecule has 0 fully saturated rings. The molecular formula is C16H16ClN3O3S. The van der Waals surface area contributed by atoms with Crippen molar-refractivity contribution in [1.29, 1.82) is 0 Å². The molecule has 0 aliphatic carbocycles. The molecule has 1 heterocycles. The van der Waals surface area contributed by atoms with Gasteiger partial charge in [-0.1, -0.05) is 11.6 Å². The van der Waals surface area contributed by atoms with Crippen molar-refractivity contribution < 1.29 is 13.2 Å². The molecule has 1 aliphatic heterocycles. The van der Waals surface area contributed by atoms with Crippen molar-refractivity contribution in [3.8, 4) is 0 Å². The Kier molecular flexibility index (Phi) is 3.93. The van der Waals surface area contributed by atoms with E-state index in [1.54, 1.807) is 31.3 Å². The SMILES string of the molecule is CN(C)c1ccc2c(c1)N(C)C(=O)N(c1ccc(Cl)cc1)S2(=O)=O. The monoisotopic (exact) mass is 365 g/mol. The van der Waals surface area contributed by atoms with Crippen LogP contribution in [0.2, 0.25) is 5.02 Å². The second kappa shape index (κ2) is 5.68. The molecule has 8 heteroatoms.